The molecule has 21 heavy (non-hydrogen) atoms. The third-order valence-electron chi connectivity index (χ3n) is 5.52. The van der Waals surface area contributed by atoms with E-state index in [4.69, 9.17) is 0 Å². The molecule has 1 aliphatic carbocycles. The molecule has 1 aromatic carbocycles. The second-order valence-electron chi connectivity index (χ2n) is 7.76. The molecule has 116 valence electrons. The lowest BCUT2D eigenvalue weighted by molar-refractivity contribution is 0.00349. The van der Waals surface area contributed by atoms with Gasteiger partial charge in [-0.25, -0.2) is 0 Å². The Kier molecular flexibility index (Phi) is 4.11. The molecule has 1 atom stereocenters. The van der Waals surface area contributed by atoms with Crippen molar-refractivity contribution in [3.63, 3.8) is 0 Å². The number of hydrogen-bond donors (Lipinski definition) is 1. The summed E-state index contributed by atoms with van der Waals surface area (Å²) in [6.45, 7) is 10.6. The highest BCUT2D eigenvalue weighted by Gasteiger charge is 2.47. The van der Waals surface area contributed by atoms with E-state index in [1.807, 2.05) is 0 Å². The van der Waals surface area contributed by atoms with Crippen LogP contribution in [0.1, 0.15) is 52.0 Å². The molecule has 2 fully saturated rings. The van der Waals surface area contributed by atoms with Gasteiger partial charge in [-0.05, 0) is 31.2 Å². The molecule has 1 aromatic rings. The lowest BCUT2D eigenvalue weighted by Gasteiger charge is -2.53. The molecular weight excluding hydrogens is 256 g/mol. The smallest absolute Gasteiger partial charge is 0.0535 e. The number of piperazine rings is 1. The highest BCUT2D eigenvalue weighted by Crippen LogP contribution is 2.41. The van der Waals surface area contributed by atoms with Crippen molar-refractivity contribution in [2.45, 2.75) is 57.5 Å². The van der Waals surface area contributed by atoms with Gasteiger partial charge in [0.05, 0.1) is 5.54 Å². The van der Waals surface area contributed by atoms with Crippen LogP contribution in [0.25, 0.3) is 0 Å². The Morgan fingerprint density at radius 1 is 1.14 bits per heavy atom. The molecule has 0 bridgehead atoms. The van der Waals surface area contributed by atoms with Gasteiger partial charge in [0, 0.05) is 25.2 Å². The third kappa shape index (κ3) is 2.89. The summed E-state index contributed by atoms with van der Waals surface area (Å²) in [7, 11) is 0. The van der Waals surface area contributed by atoms with Crippen LogP contribution in [-0.4, -0.2) is 30.1 Å². The number of rotatable bonds is 3. The molecule has 1 aliphatic heterocycles. The van der Waals surface area contributed by atoms with Gasteiger partial charge in [0.25, 0.3) is 0 Å². The molecule has 1 unspecified atom stereocenters. The zero-order valence-corrected chi connectivity index (χ0v) is 13.9. The van der Waals surface area contributed by atoms with Crippen molar-refractivity contribution >= 4 is 0 Å². The Labute approximate surface area is 129 Å². The zero-order valence-electron chi connectivity index (χ0n) is 13.9. The highest BCUT2D eigenvalue weighted by atomic mass is 15.3. The van der Waals surface area contributed by atoms with Crippen LogP contribution in [0.4, 0.5) is 0 Å². The van der Waals surface area contributed by atoms with Crippen molar-refractivity contribution in [2.75, 3.05) is 19.6 Å². The first kappa shape index (κ1) is 15.1. The summed E-state index contributed by atoms with van der Waals surface area (Å²) in [5.74, 6) is 0.737. The molecule has 0 amide bonds. The average molecular weight is 286 g/mol. The van der Waals surface area contributed by atoms with Gasteiger partial charge in [-0.2, -0.15) is 0 Å². The number of hydrogen-bond acceptors (Lipinski definition) is 2. The maximum absolute atomic E-state index is 3.91. The SMILES string of the molecule is CC(C)CN1CC(C)(c2ccccc2)NCC12CCCC2. The highest BCUT2D eigenvalue weighted by molar-refractivity contribution is 5.26. The topological polar surface area (TPSA) is 15.3 Å². The minimum Gasteiger partial charge on any atom is -0.305 e. The predicted octanol–water partition coefficient (Wildman–Crippen LogP) is 3.78. The summed E-state index contributed by atoms with van der Waals surface area (Å²) >= 11 is 0. The quantitative estimate of drug-likeness (QED) is 0.910. The van der Waals surface area contributed by atoms with E-state index in [1.165, 1.54) is 37.8 Å². The van der Waals surface area contributed by atoms with Crippen LogP contribution in [0.2, 0.25) is 0 Å². The maximum atomic E-state index is 3.91. The summed E-state index contributed by atoms with van der Waals surface area (Å²) in [5, 5.41) is 3.91. The van der Waals surface area contributed by atoms with Gasteiger partial charge in [-0.1, -0.05) is 57.0 Å². The average Bonchev–Trinajstić information content (AvgIpc) is 2.94. The van der Waals surface area contributed by atoms with Crippen molar-refractivity contribution in [1.82, 2.24) is 10.2 Å². The van der Waals surface area contributed by atoms with Gasteiger partial charge in [-0.15, -0.1) is 0 Å². The van der Waals surface area contributed by atoms with E-state index in [2.05, 4.69) is 61.3 Å². The summed E-state index contributed by atoms with van der Waals surface area (Å²) in [4.78, 5) is 2.81. The number of nitrogens with zero attached hydrogens (tertiary/aromatic N) is 1. The van der Waals surface area contributed by atoms with Crippen molar-refractivity contribution < 1.29 is 0 Å². The molecular formula is C19H30N2. The maximum Gasteiger partial charge on any atom is 0.0535 e. The van der Waals surface area contributed by atoms with Crippen LogP contribution < -0.4 is 5.32 Å². The van der Waals surface area contributed by atoms with E-state index in [-0.39, 0.29) is 5.54 Å². The molecule has 2 heteroatoms. The largest absolute Gasteiger partial charge is 0.305 e. The summed E-state index contributed by atoms with van der Waals surface area (Å²) in [5.41, 5.74) is 1.94. The standard InChI is InChI=1S/C19H30N2/c1-16(2)13-21-15-18(3,17-9-5-4-6-10-17)20-14-19(21)11-7-8-12-19/h4-6,9-10,16,20H,7-8,11-15H2,1-3H3. The summed E-state index contributed by atoms with van der Waals surface area (Å²) < 4.78 is 0. The van der Waals surface area contributed by atoms with Crippen molar-refractivity contribution in [3.8, 4) is 0 Å². The van der Waals surface area contributed by atoms with Crippen LogP contribution in [-0.2, 0) is 5.54 Å². The van der Waals surface area contributed by atoms with Crippen LogP contribution in [0.3, 0.4) is 0 Å². The van der Waals surface area contributed by atoms with E-state index >= 15 is 0 Å². The van der Waals surface area contributed by atoms with Gasteiger partial charge in [-0.3, -0.25) is 4.90 Å². The van der Waals surface area contributed by atoms with E-state index in [9.17, 15) is 0 Å². The van der Waals surface area contributed by atoms with Gasteiger partial charge in [0.2, 0.25) is 0 Å². The van der Waals surface area contributed by atoms with Crippen LogP contribution in [0, 0.1) is 5.92 Å². The van der Waals surface area contributed by atoms with Crippen molar-refractivity contribution in [2.24, 2.45) is 5.92 Å². The third-order valence-corrected chi connectivity index (χ3v) is 5.52. The molecule has 2 aliphatic rings. The molecule has 0 radical (unpaired) electrons. The van der Waals surface area contributed by atoms with Crippen molar-refractivity contribution in [3.05, 3.63) is 35.9 Å². The molecule has 1 N–H and O–H groups in total. The monoisotopic (exact) mass is 286 g/mol. The zero-order chi connectivity index (χ0) is 14.9. The molecule has 2 nitrogen and oxygen atoms in total. The predicted molar refractivity (Wildman–Crippen MR) is 89.4 cm³/mol. The van der Waals surface area contributed by atoms with E-state index in [0.717, 1.165) is 19.0 Å². The first-order chi connectivity index (χ1) is 10.0. The van der Waals surface area contributed by atoms with Gasteiger partial charge < -0.3 is 5.32 Å². The second-order valence-corrected chi connectivity index (χ2v) is 7.76. The Hall–Kier alpha value is -0.860. The van der Waals surface area contributed by atoms with Gasteiger partial charge in [0.15, 0.2) is 0 Å². The van der Waals surface area contributed by atoms with Crippen LogP contribution >= 0.6 is 0 Å². The van der Waals surface area contributed by atoms with Gasteiger partial charge in [0.1, 0.15) is 0 Å². The van der Waals surface area contributed by atoms with Gasteiger partial charge >= 0.3 is 0 Å². The summed E-state index contributed by atoms with van der Waals surface area (Å²) in [6, 6.07) is 11.0. The molecule has 1 heterocycles. The molecule has 0 aromatic heterocycles. The lowest BCUT2D eigenvalue weighted by atomic mass is 9.82. The van der Waals surface area contributed by atoms with Crippen molar-refractivity contribution in [1.29, 1.82) is 0 Å². The minimum atomic E-state index is 0.0873. The lowest BCUT2D eigenvalue weighted by Crippen LogP contribution is -2.67. The first-order valence-corrected chi connectivity index (χ1v) is 8.60. The Morgan fingerprint density at radius 2 is 1.81 bits per heavy atom. The second kappa shape index (κ2) is 5.73. The molecule has 1 saturated heterocycles. The van der Waals surface area contributed by atoms with E-state index in [0.29, 0.717) is 5.54 Å². The molecule has 1 spiro atoms. The fourth-order valence-corrected chi connectivity index (χ4v) is 4.30. The summed E-state index contributed by atoms with van der Waals surface area (Å²) in [6.07, 6.45) is 5.55. The Bertz CT molecular complexity index is 462. The fourth-order valence-electron chi connectivity index (χ4n) is 4.30. The fraction of sp³-hybridized carbons (Fsp3) is 0.684. The Morgan fingerprint density at radius 3 is 2.43 bits per heavy atom. The number of nitrogens with one attached hydrogen (secondary N) is 1. The van der Waals surface area contributed by atoms with Crippen LogP contribution in [0.5, 0.6) is 0 Å². The first-order valence-electron chi connectivity index (χ1n) is 8.60. The van der Waals surface area contributed by atoms with E-state index in [1.54, 1.807) is 0 Å². The molecule has 1 saturated carbocycles. The molecule has 3 rings (SSSR count). The minimum absolute atomic E-state index is 0.0873. The Balaban J connectivity index is 1.85. The van der Waals surface area contributed by atoms with E-state index < -0.39 is 0 Å². The number of benzene rings is 1. The van der Waals surface area contributed by atoms with Crippen LogP contribution in [0.15, 0.2) is 30.3 Å². The normalized spacial score (nSPS) is 29.3.